The molecule has 1 aromatic heterocycles. The van der Waals surface area contributed by atoms with Gasteiger partial charge < -0.3 is 9.67 Å². The van der Waals surface area contributed by atoms with E-state index in [9.17, 15) is 13.6 Å². The zero-order valence-corrected chi connectivity index (χ0v) is 12.3. The Bertz CT molecular complexity index is 617. The number of phenols is 1. The third-order valence-electron chi connectivity index (χ3n) is 2.38. The minimum absolute atomic E-state index is 0. The molecule has 1 aromatic carbocycles. The van der Waals surface area contributed by atoms with Crippen LogP contribution in [0.25, 0.3) is 11.3 Å². The van der Waals surface area contributed by atoms with E-state index in [1.165, 1.54) is 19.2 Å². The maximum atomic E-state index is 13.6. The van der Waals surface area contributed by atoms with Gasteiger partial charge in [0, 0.05) is 51.9 Å². The molecule has 0 atom stereocenters. The maximum Gasteiger partial charge on any atom is 0.194 e. The second-order valence-electron chi connectivity index (χ2n) is 3.51. The fourth-order valence-corrected chi connectivity index (χ4v) is 1.54. The van der Waals surface area contributed by atoms with Crippen molar-refractivity contribution in [2.75, 3.05) is 0 Å². The Morgan fingerprint density at radius 2 is 1.83 bits per heavy atom. The third kappa shape index (κ3) is 2.67. The van der Waals surface area contributed by atoms with Gasteiger partial charge in [-0.3, -0.25) is 4.79 Å². The van der Waals surface area contributed by atoms with Crippen LogP contribution < -0.4 is 5.56 Å². The second-order valence-corrected chi connectivity index (χ2v) is 3.51. The van der Waals surface area contributed by atoms with Crippen LogP contribution in [0.3, 0.4) is 0 Å². The van der Waals surface area contributed by atoms with Crippen LogP contribution in [-0.2, 0) is 39.8 Å². The average molecular weight is 325 g/mol. The van der Waals surface area contributed by atoms with Crippen LogP contribution in [0.15, 0.2) is 29.1 Å². The summed E-state index contributed by atoms with van der Waals surface area (Å²) in [5, 5.41) is 9.03. The number of pyridine rings is 1. The molecular formula is C12H8F2NO2Y-. The number of nitrogens with zero attached hydrogens (tertiary/aromatic N) is 1. The van der Waals surface area contributed by atoms with E-state index in [0.29, 0.717) is 0 Å². The number of aromatic nitrogens is 1. The summed E-state index contributed by atoms with van der Waals surface area (Å²) in [6.45, 7) is 0. The maximum absolute atomic E-state index is 13.6. The fourth-order valence-electron chi connectivity index (χ4n) is 1.54. The van der Waals surface area contributed by atoms with Crippen molar-refractivity contribution in [1.29, 1.82) is 0 Å². The quantitative estimate of drug-likeness (QED) is 0.813. The van der Waals surface area contributed by atoms with Gasteiger partial charge in [-0.2, -0.15) is 12.1 Å². The van der Waals surface area contributed by atoms with E-state index in [-0.39, 0.29) is 44.0 Å². The van der Waals surface area contributed by atoms with E-state index >= 15 is 0 Å². The Morgan fingerprint density at radius 3 is 2.39 bits per heavy atom. The fraction of sp³-hybridized carbons (Fsp3) is 0.0833. The monoisotopic (exact) mass is 325 g/mol. The van der Waals surface area contributed by atoms with Crippen LogP contribution in [0.1, 0.15) is 0 Å². The number of phenolic OH excluding ortho intramolecular Hbond substituents is 1. The van der Waals surface area contributed by atoms with Gasteiger partial charge in [-0.05, 0) is 5.56 Å². The van der Waals surface area contributed by atoms with E-state index in [4.69, 9.17) is 5.11 Å². The second kappa shape index (κ2) is 5.72. The Morgan fingerprint density at radius 1 is 1.28 bits per heavy atom. The Kier molecular flexibility index (Phi) is 4.76. The Hall–Kier alpha value is -1.07. The van der Waals surface area contributed by atoms with Crippen molar-refractivity contribution < 1.29 is 46.6 Å². The van der Waals surface area contributed by atoms with Crippen molar-refractivity contribution in [1.82, 2.24) is 4.57 Å². The van der Waals surface area contributed by atoms with Crippen molar-refractivity contribution in [3.8, 4) is 17.0 Å². The average Bonchev–Trinajstić information content (AvgIpc) is 2.23. The number of rotatable bonds is 1. The molecule has 0 spiro atoms. The van der Waals surface area contributed by atoms with Gasteiger partial charge in [-0.25, -0.2) is 8.78 Å². The molecule has 0 unspecified atom stereocenters. The minimum atomic E-state index is -0.944. The molecule has 0 fully saturated rings. The normalized spacial score (nSPS) is 9.94. The molecular weight excluding hydrogens is 317 g/mol. The molecule has 0 saturated heterocycles. The van der Waals surface area contributed by atoms with Crippen molar-refractivity contribution in [3.63, 3.8) is 0 Å². The van der Waals surface area contributed by atoms with Crippen molar-refractivity contribution in [2.45, 2.75) is 0 Å². The molecule has 1 radical (unpaired) electrons. The standard InChI is InChI=1S/C12H8F2NO2.Y/c1-15-10(3-2-4-11(15)17)12-8(13)5-7(16)6-9(12)14;/h2,4-6,16H,1H3;/q-1;. The SMILES string of the molecule is Cn1c(-c2c(F)cc(O)cc2F)[c-]ccc1=O.[Y]. The molecule has 0 aliphatic carbocycles. The summed E-state index contributed by atoms with van der Waals surface area (Å²) in [6, 6.07) is 6.69. The third-order valence-corrected chi connectivity index (χ3v) is 2.38. The van der Waals surface area contributed by atoms with E-state index in [2.05, 4.69) is 6.07 Å². The molecule has 3 nitrogen and oxygen atoms in total. The summed E-state index contributed by atoms with van der Waals surface area (Å²) in [4.78, 5) is 11.4. The van der Waals surface area contributed by atoms with E-state index in [0.717, 1.165) is 16.7 Å². The molecule has 0 amide bonds. The predicted molar refractivity (Wildman–Crippen MR) is 57.5 cm³/mol. The van der Waals surface area contributed by atoms with Crippen molar-refractivity contribution in [2.24, 2.45) is 7.05 Å². The van der Waals surface area contributed by atoms with Gasteiger partial charge in [0.05, 0.1) is 11.6 Å². The van der Waals surface area contributed by atoms with Gasteiger partial charge in [0.15, 0.2) is 5.56 Å². The molecule has 0 bridgehead atoms. The van der Waals surface area contributed by atoms with Crippen LogP contribution in [-0.4, -0.2) is 9.67 Å². The first-order valence-corrected chi connectivity index (χ1v) is 4.77. The predicted octanol–water partition coefficient (Wildman–Crippen LogP) is 1.83. The summed E-state index contributed by atoms with van der Waals surface area (Å²) in [5.74, 6) is -2.40. The number of halogens is 2. The summed E-state index contributed by atoms with van der Waals surface area (Å²) >= 11 is 0. The molecule has 0 aliphatic rings. The molecule has 2 aromatic rings. The number of aromatic hydroxyl groups is 1. The number of hydrogen-bond acceptors (Lipinski definition) is 2. The summed E-state index contributed by atoms with van der Waals surface area (Å²) < 4.78 is 28.2. The van der Waals surface area contributed by atoms with Crippen LogP contribution in [0.4, 0.5) is 8.78 Å². The number of benzene rings is 1. The molecule has 0 aliphatic heterocycles. The topological polar surface area (TPSA) is 42.2 Å². The van der Waals surface area contributed by atoms with Crippen LogP contribution in [0.2, 0.25) is 0 Å². The molecule has 18 heavy (non-hydrogen) atoms. The molecule has 1 N–H and O–H groups in total. The zero-order chi connectivity index (χ0) is 12.6. The van der Waals surface area contributed by atoms with Gasteiger partial charge in [-0.15, -0.1) is 0 Å². The van der Waals surface area contributed by atoms with Gasteiger partial charge in [0.1, 0.15) is 5.75 Å². The molecule has 1 heterocycles. The van der Waals surface area contributed by atoms with Crippen molar-refractivity contribution in [3.05, 3.63) is 52.3 Å². The van der Waals surface area contributed by atoms with Gasteiger partial charge >= 0.3 is 0 Å². The molecule has 91 valence electrons. The summed E-state index contributed by atoms with van der Waals surface area (Å²) in [5.41, 5.74) is -0.791. The first kappa shape index (κ1) is 15.0. The van der Waals surface area contributed by atoms with Gasteiger partial charge in [0.25, 0.3) is 0 Å². The zero-order valence-electron chi connectivity index (χ0n) is 9.45. The van der Waals surface area contributed by atoms with E-state index in [1.807, 2.05) is 0 Å². The van der Waals surface area contributed by atoms with Gasteiger partial charge in [0.2, 0.25) is 0 Å². The Labute approximate surface area is 127 Å². The number of hydrogen-bond donors (Lipinski definition) is 1. The van der Waals surface area contributed by atoms with Crippen LogP contribution in [0.5, 0.6) is 5.75 Å². The summed E-state index contributed by atoms with van der Waals surface area (Å²) in [6.07, 6.45) is 0. The smallest absolute Gasteiger partial charge is 0.194 e. The minimum Gasteiger partial charge on any atom is -0.508 e. The van der Waals surface area contributed by atoms with Crippen LogP contribution >= 0.6 is 0 Å². The van der Waals surface area contributed by atoms with E-state index in [1.54, 1.807) is 0 Å². The Balaban J connectivity index is 0.00000162. The van der Waals surface area contributed by atoms with Crippen molar-refractivity contribution >= 4 is 0 Å². The first-order valence-electron chi connectivity index (χ1n) is 4.77. The molecule has 6 heteroatoms. The molecule has 0 saturated carbocycles. The summed E-state index contributed by atoms with van der Waals surface area (Å²) in [7, 11) is 1.39. The largest absolute Gasteiger partial charge is 0.508 e. The first-order chi connectivity index (χ1) is 8.00. The molecule has 2 rings (SSSR count). The van der Waals surface area contributed by atoms with E-state index < -0.39 is 22.9 Å². The van der Waals surface area contributed by atoms with Crippen LogP contribution in [0, 0.1) is 17.7 Å². The van der Waals surface area contributed by atoms with Gasteiger partial charge in [-0.1, -0.05) is 11.8 Å².